The van der Waals surface area contributed by atoms with Gasteiger partial charge in [-0.1, -0.05) is 25.3 Å². The van der Waals surface area contributed by atoms with Crippen molar-refractivity contribution in [1.29, 1.82) is 0 Å². The number of hydrogen-bond acceptors (Lipinski definition) is 2. The van der Waals surface area contributed by atoms with Gasteiger partial charge in [-0.2, -0.15) is 0 Å². The zero-order valence-electron chi connectivity index (χ0n) is 11.8. The van der Waals surface area contributed by atoms with E-state index in [1.165, 1.54) is 37.5 Å². The second-order valence-corrected chi connectivity index (χ2v) is 6.08. The molecule has 4 heteroatoms. The van der Waals surface area contributed by atoms with Crippen molar-refractivity contribution < 1.29 is 8.78 Å². The van der Waals surface area contributed by atoms with Crippen molar-refractivity contribution in [3.63, 3.8) is 0 Å². The van der Waals surface area contributed by atoms with Crippen molar-refractivity contribution >= 4 is 0 Å². The predicted octanol–water partition coefficient (Wildman–Crippen LogP) is 3.07. The van der Waals surface area contributed by atoms with E-state index in [0.717, 1.165) is 32.5 Å². The lowest BCUT2D eigenvalue weighted by molar-refractivity contribution is 0.0193. The van der Waals surface area contributed by atoms with Crippen molar-refractivity contribution in [2.24, 2.45) is 0 Å². The average molecular weight is 280 g/mol. The molecule has 1 spiro atoms. The molecular formula is C16H22F2N2. The molecule has 1 aromatic rings. The van der Waals surface area contributed by atoms with Gasteiger partial charge < -0.3 is 5.32 Å². The Morgan fingerprint density at radius 1 is 1.10 bits per heavy atom. The van der Waals surface area contributed by atoms with Gasteiger partial charge in [-0.15, -0.1) is 0 Å². The van der Waals surface area contributed by atoms with Crippen LogP contribution in [-0.2, 0) is 6.54 Å². The van der Waals surface area contributed by atoms with E-state index >= 15 is 0 Å². The molecule has 1 heterocycles. The molecule has 2 aliphatic rings. The van der Waals surface area contributed by atoms with Gasteiger partial charge in [0, 0.05) is 37.3 Å². The zero-order valence-corrected chi connectivity index (χ0v) is 11.8. The van der Waals surface area contributed by atoms with Crippen LogP contribution in [0.1, 0.15) is 37.7 Å². The van der Waals surface area contributed by atoms with Crippen molar-refractivity contribution in [3.8, 4) is 0 Å². The topological polar surface area (TPSA) is 15.3 Å². The highest BCUT2D eigenvalue weighted by Gasteiger charge is 2.39. The SMILES string of the molecule is Fc1cccc(F)c1CN1CCNCC12CCCCC2. The quantitative estimate of drug-likeness (QED) is 0.895. The highest BCUT2D eigenvalue weighted by Crippen LogP contribution is 2.35. The van der Waals surface area contributed by atoms with E-state index in [1.807, 2.05) is 0 Å². The van der Waals surface area contributed by atoms with Crippen molar-refractivity contribution in [3.05, 3.63) is 35.4 Å². The van der Waals surface area contributed by atoms with Gasteiger partial charge in [0.1, 0.15) is 11.6 Å². The molecule has 20 heavy (non-hydrogen) atoms. The monoisotopic (exact) mass is 280 g/mol. The fourth-order valence-corrected chi connectivity index (χ4v) is 3.71. The molecule has 0 atom stereocenters. The summed E-state index contributed by atoms with van der Waals surface area (Å²) in [7, 11) is 0. The summed E-state index contributed by atoms with van der Waals surface area (Å²) in [5.41, 5.74) is 0.324. The van der Waals surface area contributed by atoms with Crippen molar-refractivity contribution in [1.82, 2.24) is 10.2 Å². The van der Waals surface area contributed by atoms with Crippen LogP contribution in [0.2, 0.25) is 0 Å². The normalized spacial score (nSPS) is 23.1. The Hall–Kier alpha value is -1.00. The standard InChI is InChI=1S/C16H22F2N2/c17-14-5-4-6-15(18)13(14)11-20-10-9-19-12-16(20)7-2-1-3-8-16/h4-6,19H,1-3,7-12H2. The molecule has 3 rings (SSSR count). The highest BCUT2D eigenvalue weighted by atomic mass is 19.1. The lowest BCUT2D eigenvalue weighted by atomic mass is 9.79. The molecule has 0 amide bonds. The van der Waals surface area contributed by atoms with Gasteiger partial charge in [-0.25, -0.2) is 8.78 Å². The Kier molecular flexibility index (Phi) is 4.03. The largest absolute Gasteiger partial charge is 0.314 e. The molecule has 0 radical (unpaired) electrons. The van der Waals surface area contributed by atoms with Gasteiger partial charge in [-0.05, 0) is 25.0 Å². The molecular weight excluding hydrogens is 258 g/mol. The molecule has 1 saturated heterocycles. The number of piperazine rings is 1. The van der Waals surface area contributed by atoms with E-state index in [2.05, 4.69) is 10.2 Å². The predicted molar refractivity (Wildman–Crippen MR) is 75.5 cm³/mol. The Morgan fingerprint density at radius 3 is 2.50 bits per heavy atom. The van der Waals surface area contributed by atoms with Crippen LogP contribution in [0.3, 0.4) is 0 Å². The lowest BCUT2D eigenvalue weighted by Gasteiger charge is -2.50. The fraction of sp³-hybridized carbons (Fsp3) is 0.625. The molecule has 1 saturated carbocycles. The van der Waals surface area contributed by atoms with E-state index in [-0.39, 0.29) is 11.1 Å². The molecule has 110 valence electrons. The number of benzene rings is 1. The number of rotatable bonds is 2. The van der Waals surface area contributed by atoms with Gasteiger partial charge in [0.15, 0.2) is 0 Å². The minimum atomic E-state index is -0.422. The van der Waals surface area contributed by atoms with Crippen LogP contribution >= 0.6 is 0 Å². The second-order valence-electron chi connectivity index (χ2n) is 6.08. The summed E-state index contributed by atoms with van der Waals surface area (Å²) in [5, 5.41) is 3.46. The first-order chi connectivity index (χ1) is 9.71. The first-order valence-corrected chi connectivity index (χ1v) is 7.60. The van der Waals surface area contributed by atoms with Gasteiger partial charge in [-0.3, -0.25) is 4.90 Å². The van der Waals surface area contributed by atoms with Crippen LogP contribution in [0.5, 0.6) is 0 Å². The Bertz CT molecular complexity index is 441. The summed E-state index contributed by atoms with van der Waals surface area (Å²) < 4.78 is 27.8. The second kappa shape index (κ2) is 5.78. The molecule has 1 aromatic carbocycles. The zero-order chi connectivity index (χ0) is 14.0. The molecule has 0 bridgehead atoms. The first-order valence-electron chi connectivity index (χ1n) is 7.60. The number of nitrogens with zero attached hydrogens (tertiary/aromatic N) is 1. The summed E-state index contributed by atoms with van der Waals surface area (Å²) in [6.45, 7) is 3.11. The molecule has 1 aliphatic heterocycles. The summed E-state index contributed by atoms with van der Waals surface area (Å²) in [6, 6.07) is 4.14. The number of halogens is 2. The lowest BCUT2D eigenvalue weighted by Crippen LogP contribution is -2.61. The maximum atomic E-state index is 13.9. The molecule has 0 aromatic heterocycles. The van der Waals surface area contributed by atoms with Crippen LogP contribution in [0.15, 0.2) is 18.2 Å². The Balaban J connectivity index is 1.83. The molecule has 1 N–H and O–H groups in total. The van der Waals surface area contributed by atoms with E-state index in [9.17, 15) is 8.78 Å². The van der Waals surface area contributed by atoms with E-state index < -0.39 is 11.6 Å². The minimum Gasteiger partial charge on any atom is -0.314 e. The third-order valence-electron chi connectivity index (χ3n) is 4.88. The molecule has 2 fully saturated rings. The van der Waals surface area contributed by atoms with Crippen molar-refractivity contribution in [2.45, 2.75) is 44.2 Å². The van der Waals surface area contributed by atoms with Crippen LogP contribution in [0.4, 0.5) is 8.78 Å². The summed E-state index contributed by atoms with van der Waals surface area (Å²) in [6.07, 6.45) is 5.99. The number of hydrogen-bond donors (Lipinski definition) is 1. The molecule has 0 unspecified atom stereocenters. The molecule has 1 aliphatic carbocycles. The van der Waals surface area contributed by atoms with Gasteiger partial charge in [0.05, 0.1) is 0 Å². The minimum absolute atomic E-state index is 0.102. The highest BCUT2D eigenvalue weighted by molar-refractivity contribution is 5.20. The van der Waals surface area contributed by atoms with E-state index in [0.29, 0.717) is 6.54 Å². The van der Waals surface area contributed by atoms with Crippen LogP contribution in [0.25, 0.3) is 0 Å². The van der Waals surface area contributed by atoms with Gasteiger partial charge in [0.25, 0.3) is 0 Å². The van der Waals surface area contributed by atoms with Gasteiger partial charge in [0.2, 0.25) is 0 Å². The van der Waals surface area contributed by atoms with Crippen LogP contribution in [0, 0.1) is 11.6 Å². The summed E-state index contributed by atoms with van der Waals surface area (Å²) in [5.74, 6) is -0.844. The van der Waals surface area contributed by atoms with E-state index in [4.69, 9.17) is 0 Å². The Labute approximate surface area is 119 Å². The maximum absolute atomic E-state index is 13.9. The maximum Gasteiger partial charge on any atom is 0.130 e. The fourth-order valence-electron chi connectivity index (χ4n) is 3.71. The molecule has 2 nitrogen and oxygen atoms in total. The average Bonchev–Trinajstić information content (AvgIpc) is 2.46. The number of nitrogens with one attached hydrogen (secondary N) is 1. The Morgan fingerprint density at radius 2 is 1.80 bits per heavy atom. The third-order valence-corrected chi connectivity index (χ3v) is 4.88. The third kappa shape index (κ3) is 2.59. The first kappa shape index (κ1) is 14.0. The summed E-state index contributed by atoms with van der Waals surface area (Å²) >= 11 is 0. The summed E-state index contributed by atoms with van der Waals surface area (Å²) in [4.78, 5) is 2.31. The van der Waals surface area contributed by atoms with Crippen molar-refractivity contribution in [2.75, 3.05) is 19.6 Å². The van der Waals surface area contributed by atoms with E-state index in [1.54, 1.807) is 0 Å². The van der Waals surface area contributed by atoms with Gasteiger partial charge >= 0.3 is 0 Å². The van der Waals surface area contributed by atoms with Crippen LogP contribution < -0.4 is 5.32 Å². The van der Waals surface area contributed by atoms with Crippen LogP contribution in [-0.4, -0.2) is 30.1 Å². The smallest absolute Gasteiger partial charge is 0.130 e.